The SMILES string of the molecule is Clc1ccc(Cc2nc[c]s2)cc1. The summed E-state index contributed by atoms with van der Waals surface area (Å²) in [6.45, 7) is 0. The minimum Gasteiger partial charge on any atom is -0.249 e. The van der Waals surface area contributed by atoms with Crippen molar-refractivity contribution in [2.75, 3.05) is 0 Å². The molecule has 0 fully saturated rings. The summed E-state index contributed by atoms with van der Waals surface area (Å²) in [7, 11) is 0. The Hall–Kier alpha value is -0.860. The Kier molecular flexibility index (Phi) is 2.62. The van der Waals surface area contributed by atoms with Gasteiger partial charge >= 0.3 is 0 Å². The largest absolute Gasteiger partial charge is 0.249 e. The number of nitrogens with zero attached hydrogens (tertiary/aromatic N) is 1. The van der Waals surface area contributed by atoms with E-state index >= 15 is 0 Å². The average molecular weight is 209 g/mol. The molecular weight excluding hydrogens is 202 g/mol. The molecule has 13 heavy (non-hydrogen) atoms. The van der Waals surface area contributed by atoms with E-state index in [1.54, 1.807) is 17.5 Å². The molecular formula is C10H7ClNS. The maximum absolute atomic E-state index is 5.77. The van der Waals surface area contributed by atoms with Gasteiger partial charge in [0.1, 0.15) is 0 Å². The molecule has 65 valence electrons. The van der Waals surface area contributed by atoms with Gasteiger partial charge in [0.05, 0.1) is 10.4 Å². The summed E-state index contributed by atoms with van der Waals surface area (Å²) in [5.74, 6) is 0. The summed E-state index contributed by atoms with van der Waals surface area (Å²) < 4.78 is 0. The smallest absolute Gasteiger partial charge is 0.0975 e. The predicted molar refractivity (Wildman–Crippen MR) is 55.2 cm³/mol. The minimum atomic E-state index is 0.773. The van der Waals surface area contributed by atoms with Crippen LogP contribution in [0.15, 0.2) is 30.5 Å². The van der Waals surface area contributed by atoms with Crippen LogP contribution in [0.5, 0.6) is 0 Å². The van der Waals surface area contributed by atoms with Gasteiger partial charge in [0.15, 0.2) is 0 Å². The van der Waals surface area contributed by atoms with Gasteiger partial charge in [-0.05, 0) is 17.7 Å². The first-order chi connectivity index (χ1) is 6.34. The number of hydrogen-bond acceptors (Lipinski definition) is 2. The Balaban J connectivity index is 2.15. The van der Waals surface area contributed by atoms with Crippen LogP contribution >= 0.6 is 22.9 Å². The monoisotopic (exact) mass is 208 g/mol. The van der Waals surface area contributed by atoms with Crippen LogP contribution in [0.3, 0.4) is 0 Å². The van der Waals surface area contributed by atoms with Crippen molar-refractivity contribution in [2.24, 2.45) is 0 Å². The first kappa shape index (κ1) is 8.73. The van der Waals surface area contributed by atoms with Gasteiger partial charge in [-0.15, -0.1) is 11.3 Å². The topological polar surface area (TPSA) is 12.9 Å². The maximum Gasteiger partial charge on any atom is 0.0975 e. The highest BCUT2D eigenvalue weighted by Crippen LogP contribution is 2.14. The molecule has 3 heteroatoms. The third kappa shape index (κ3) is 2.29. The van der Waals surface area contributed by atoms with E-state index in [-0.39, 0.29) is 0 Å². The van der Waals surface area contributed by atoms with E-state index in [1.807, 2.05) is 24.3 Å². The fourth-order valence-corrected chi connectivity index (χ4v) is 1.79. The van der Waals surface area contributed by atoms with Gasteiger partial charge < -0.3 is 0 Å². The molecule has 0 bridgehead atoms. The first-order valence-corrected chi connectivity index (χ1v) is 5.09. The molecule has 2 aromatic rings. The second-order valence-corrected chi connectivity index (χ2v) is 4.02. The predicted octanol–water partition coefficient (Wildman–Crippen LogP) is 3.19. The Morgan fingerprint density at radius 3 is 2.69 bits per heavy atom. The molecule has 1 nitrogen and oxygen atoms in total. The van der Waals surface area contributed by atoms with E-state index < -0.39 is 0 Å². The third-order valence-corrected chi connectivity index (χ3v) is 2.67. The number of benzene rings is 1. The zero-order valence-electron chi connectivity index (χ0n) is 6.83. The molecule has 1 radical (unpaired) electrons. The number of thiazole rings is 1. The van der Waals surface area contributed by atoms with E-state index in [0.29, 0.717) is 0 Å². The van der Waals surface area contributed by atoms with Gasteiger partial charge in [-0.25, -0.2) is 4.98 Å². The first-order valence-electron chi connectivity index (χ1n) is 3.90. The fourth-order valence-electron chi connectivity index (χ4n) is 1.08. The number of aromatic nitrogens is 1. The van der Waals surface area contributed by atoms with Crippen LogP contribution in [0, 0.1) is 5.38 Å². The normalized spacial score (nSPS) is 10.2. The van der Waals surface area contributed by atoms with Gasteiger partial charge in [-0.2, -0.15) is 0 Å². The van der Waals surface area contributed by atoms with Crippen LogP contribution in [0.2, 0.25) is 5.02 Å². The molecule has 0 aliphatic carbocycles. The molecule has 0 aliphatic heterocycles. The molecule has 0 spiro atoms. The molecule has 2 rings (SSSR count). The van der Waals surface area contributed by atoms with E-state index in [0.717, 1.165) is 16.5 Å². The highest BCUT2D eigenvalue weighted by atomic mass is 35.5. The molecule has 0 amide bonds. The number of halogens is 1. The van der Waals surface area contributed by atoms with Crippen molar-refractivity contribution >= 4 is 22.9 Å². The summed E-state index contributed by atoms with van der Waals surface area (Å²) >= 11 is 7.33. The Morgan fingerprint density at radius 1 is 1.31 bits per heavy atom. The summed E-state index contributed by atoms with van der Waals surface area (Å²) in [5, 5.41) is 4.82. The fraction of sp³-hybridized carbons (Fsp3) is 0.100. The van der Waals surface area contributed by atoms with Gasteiger partial charge in [0, 0.05) is 17.6 Å². The maximum atomic E-state index is 5.77. The number of hydrogen-bond donors (Lipinski definition) is 0. The van der Waals surface area contributed by atoms with E-state index in [1.165, 1.54) is 5.56 Å². The quantitative estimate of drug-likeness (QED) is 0.739. The van der Waals surface area contributed by atoms with Crippen LogP contribution in [-0.4, -0.2) is 4.98 Å². The van der Waals surface area contributed by atoms with Gasteiger partial charge in [-0.3, -0.25) is 0 Å². The highest BCUT2D eigenvalue weighted by molar-refractivity contribution is 7.09. The lowest BCUT2D eigenvalue weighted by molar-refractivity contribution is 1.14. The Labute approximate surface area is 86.0 Å². The standard InChI is InChI=1S/C10H7ClNS/c11-9-3-1-8(2-4-9)7-10-12-5-6-13-10/h1-5H,7H2. The van der Waals surface area contributed by atoms with E-state index in [9.17, 15) is 0 Å². The zero-order chi connectivity index (χ0) is 9.10. The summed E-state index contributed by atoms with van der Waals surface area (Å²) in [4.78, 5) is 4.16. The minimum absolute atomic E-state index is 0.773. The van der Waals surface area contributed by atoms with Crippen LogP contribution in [0.1, 0.15) is 10.6 Å². The van der Waals surface area contributed by atoms with Crippen molar-refractivity contribution in [3.05, 3.63) is 51.4 Å². The number of rotatable bonds is 2. The third-order valence-electron chi connectivity index (χ3n) is 1.71. The van der Waals surface area contributed by atoms with Crippen LogP contribution in [-0.2, 0) is 6.42 Å². The van der Waals surface area contributed by atoms with Crippen LogP contribution in [0.25, 0.3) is 0 Å². The van der Waals surface area contributed by atoms with Crippen molar-refractivity contribution in [2.45, 2.75) is 6.42 Å². The van der Waals surface area contributed by atoms with Crippen molar-refractivity contribution in [1.29, 1.82) is 0 Å². The molecule has 0 unspecified atom stereocenters. The molecule has 0 saturated heterocycles. The zero-order valence-corrected chi connectivity index (χ0v) is 8.40. The highest BCUT2D eigenvalue weighted by Gasteiger charge is 1.97. The van der Waals surface area contributed by atoms with Crippen molar-refractivity contribution < 1.29 is 0 Å². The second kappa shape index (κ2) is 3.90. The second-order valence-electron chi connectivity index (χ2n) is 2.68. The molecule has 0 aliphatic rings. The molecule has 0 N–H and O–H groups in total. The molecule has 1 aromatic carbocycles. The summed E-state index contributed by atoms with van der Waals surface area (Å²) in [6.07, 6.45) is 2.57. The van der Waals surface area contributed by atoms with Gasteiger partial charge in [0.2, 0.25) is 0 Å². The Morgan fingerprint density at radius 2 is 2.08 bits per heavy atom. The van der Waals surface area contributed by atoms with E-state index in [4.69, 9.17) is 11.6 Å². The van der Waals surface area contributed by atoms with Crippen LogP contribution in [0.4, 0.5) is 0 Å². The lowest BCUT2D eigenvalue weighted by atomic mass is 10.2. The van der Waals surface area contributed by atoms with Crippen molar-refractivity contribution in [3.8, 4) is 0 Å². The molecule has 0 saturated carbocycles. The molecule has 1 aromatic heterocycles. The van der Waals surface area contributed by atoms with Crippen LogP contribution < -0.4 is 0 Å². The molecule has 1 heterocycles. The van der Waals surface area contributed by atoms with Gasteiger partial charge in [-0.1, -0.05) is 23.7 Å². The molecule has 0 atom stereocenters. The van der Waals surface area contributed by atoms with Crippen molar-refractivity contribution in [1.82, 2.24) is 4.98 Å². The lowest BCUT2D eigenvalue weighted by Crippen LogP contribution is -1.85. The lowest BCUT2D eigenvalue weighted by Gasteiger charge is -1.97. The van der Waals surface area contributed by atoms with E-state index in [2.05, 4.69) is 10.4 Å². The summed E-state index contributed by atoms with van der Waals surface area (Å²) in [6, 6.07) is 7.83. The summed E-state index contributed by atoms with van der Waals surface area (Å²) in [5.41, 5.74) is 1.23. The average Bonchev–Trinajstić information content (AvgIpc) is 2.62. The Bertz CT molecular complexity index is 366. The van der Waals surface area contributed by atoms with Crippen molar-refractivity contribution in [3.63, 3.8) is 0 Å². The van der Waals surface area contributed by atoms with Gasteiger partial charge in [0.25, 0.3) is 0 Å².